The Bertz CT molecular complexity index is 1680. The second-order valence-corrected chi connectivity index (χ2v) is 12.5. The predicted molar refractivity (Wildman–Crippen MR) is 158 cm³/mol. The number of anilines is 1. The normalized spacial score (nSPS) is 15.5. The summed E-state index contributed by atoms with van der Waals surface area (Å²) in [5.41, 5.74) is 1.13. The van der Waals surface area contributed by atoms with Gasteiger partial charge in [-0.15, -0.1) is 0 Å². The van der Waals surface area contributed by atoms with Crippen molar-refractivity contribution in [3.05, 3.63) is 80.1 Å². The summed E-state index contributed by atoms with van der Waals surface area (Å²) in [5.74, 6) is -2.59. The minimum absolute atomic E-state index is 0.0252. The van der Waals surface area contributed by atoms with E-state index >= 15 is 4.39 Å². The van der Waals surface area contributed by atoms with Crippen LogP contribution in [0.4, 0.5) is 23.2 Å². The van der Waals surface area contributed by atoms with Crippen molar-refractivity contribution in [3.8, 4) is 16.9 Å². The smallest absolute Gasteiger partial charge is 0.417 e. The number of nitrogens with zero attached hydrogens (tertiary/aromatic N) is 1. The number of aryl methyl sites for hydroxylation is 1. The standard InChI is InChI=1S/C33H32ClF4NO5/c1-16-13-25-21(10-11-39(25)30(40)20-9-8-18(34)14-23(20)33(36,37)38)27(26(16)29(31(41)42)44-32(3,4)5)22-15-24(35)28-19(17(22)2)7-6-12-43-28/h8-9,13-15,29H,6-7,10-12H2,1-5H3,(H,41,42)/t29-/m0/s1. The Morgan fingerprint density at radius 2 is 1.77 bits per heavy atom. The van der Waals surface area contributed by atoms with E-state index in [9.17, 15) is 27.9 Å². The van der Waals surface area contributed by atoms with Crippen LogP contribution in [0.5, 0.6) is 5.75 Å². The molecule has 5 rings (SSSR count). The number of alkyl halides is 3. The monoisotopic (exact) mass is 633 g/mol. The number of hydrogen-bond acceptors (Lipinski definition) is 4. The van der Waals surface area contributed by atoms with E-state index in [-0.39, 0.29) is 23.7 Å². The van der Waals surface area contributed by atoms with E-state index in [0.717, 1.165) is 6.07 Å². The van der Waals surface area contributed by atoms with Crippen molar-refractivity contribution in [2.75, 3.05) is 18.1 Å². The number of ether oxygens (including phenoxy) is 2. The van der Waals surface area contributed by atoms with Crippen LogP contribution in [-0.4, -0.2) is 35.7 Å². The zero-order valence-electron chi connectivity index (χ0n) is 24.9. The van der Waals surface area contributed by atoms with Crippen LogP contribution in [0.3, 0.4) is 0 Å². The van der Waals surface area contributed by atoms with Gasteiger partial charge in [0.2, 0.25) is 0 Å². The van der Waals surface area contributed by atoms with E-state index in [1.807, 2.05) is 6.92 Å². The maximum atomic E-state index is 15.6. The predicted octanol–water partition coefficient (Wildman–Crippen LogP) is 8.25. The average molecular weight is 634 g/mol. The molecule has 44 heavy (non-hydrogen) atoms. The highest BCUT2D eigenvalue weighted by molar-refractivity contribution is 6.30. The van der Waals surface area contributed by atoms with Crippen molar-refractivity contribution in [3.63, 3.8) is 0 Å². The molecule has 3 aromatic carbocycles. The molecule has 234 valence electrons. The Balaban J connectivity index is 1.78. The highest BCUT2D eigenvalue weighted by atomic mass is 35.5. The molecule has 1 amide bonds. The molecule has 0 fully saturated rings. The van der Waals surface area contributed by atoms with Crippen molar-refractivity contribution in [1.29, 1.82) is 0 Å². The first kappa shape index (κ1) is 31.8. The number of benzene rings is 3. The Hall–Kier alpha value is -3.63. The molecule has 1 N–H and O–H groups in total. The average Bonchev–Trinajstić information content (AvgIpc) is 3.35. The molecule has 0 spiro atoms. The Morgan fingerprint density at radius 3 is 2.41 bits per heavy atom. The maximum Gasteiger partial charge on any atom is 0.417 e. The summed E-state index contributed by atoms with van der Waals surface area (Å²) in [6.45, 7) is 9.01. The molecule has 0 saturated heterocycles. The van der Waals surface area contributed by atoms with E-state index in [1.165, 1.54) is 17.0 Å². The first-order valence-corrected chi connectivity index (χ1v) is 14.6. The van der Waals surface area contributed by atoms with E-state index in [4.69, 9.17) is 21.1 Å². The van der Waals surface area contributed by atoms with Crippen molar-refractivity contribution in [1.82, 2.24) is 0 Å². The SMILES string of the molecule is Cc1cc2c(c(-c3cc(F)c4c(c3C)CCCO4)c1[C@H](OC(C)(C)C)C(=O)O)CCN2C(=O)c1ccc(Cl)cc1C(F)(F)F. The largest absolute Gasteiger partial charge is 0.490 e. The topological polar surface area (TPSA) is 76.1 Å². The number of carbonyl (C=O) groups is 2. The molecule has 3 aromatic rings. The van der Waals surface area contributed by atoms with Crippen molar-refractivity contribution in [2.24, 2.45) is 0 Å². The van der Waals surface area contributed by atoms with Gasteiger partial charge in [-0.1, -0.05) is 11.6 Å². The molecule has 11 heteroatoms. The maximum absolute atomic E-state index is 15.6. The van der Waals surface area contributed by atoms with Crippen LogP contribution in [0.1, 0.15) is 77.0 Å². The number of hydrogen-bond donors (Lipinski definition) is 1. The minimum Gasteiger partial charge on any atom is -0.490 e. The number of amides is 1. The Kier molecular flexibility index (Phi) is 8.22. The first-order chi connectivity index (χ1) is 20.5. The second kappa shape index (κ2) is 11.4. The summed E-state index contributed by atoms with van der Waals surface area (Å²) >= 11 is 5.85. The van der Waals surface area contributed by atoms with Gasteiger partial charge in [-0.2, -0.15) is 13.2 Å². The Labute approximate surface area is 257 Å². The number of aliphatic carboxylic acids is 1. The van der Waals surface area contributed by atoms with Crippen LogP contribution in [0.2, 0.25) is 5.02 Å². The number of carboxylic acids is 1. The van der Waals surface area contributed by atoms with E-state index in [2.05, 4.69) is 0 Å². The first-order valence-electron chi connectivity index (χ1n) is 14.2. The molecule has 0 aliphatic carbocycles. The van der Waals surface area contributed by atoms with Gasteiger partial charge in [-0.05, 0) is 112 Å². The van der Waals surface area contributed by atoms with Gasteiger partial charge in [0.15, 0.2) is 17.7 Å². The van der Waals surface area contributed by atoms with Gasteiger partial charge in [0.1, 0.15) is 0 Å². The number of carboxylic acid groups (broad SMARTS) is 1. The van der Waals surface area contributed by atoms with Crippen LogP contribution < -0.4 is 9.64 Å². The van der Waals surface area contributed by atoms with Gasteiger partial charge < -0.3 is 19.5 Å². The van der Waals surface area contributed by atoms with Crippen LogP contribution in [-0.2, 0) is 28.5 Å². The minimum atomic E-state index is -4.83. The van der Waals surface area contributed by atoms with Crippen LogP contribution in [0.25, 0.3) is 11.1 Å². The van der Waals surface area contributed by atoms with Crippen molar-refractivity contribution >= 4 is 29.2 Å². The molecule has 6 nitrogen and oxygen atoms in total. The molecule has 0 saturated carbocycles. The highest BCUT2D eigenvalue weighted by Crippen LogP contribution is 2.48. The number of rotatable bonds is 5. The number of fused-ring (bicyclic) bond motifs is 2. The molecule has 2 heterocycles. The van der Waals surface area contributed by atoms with E-state index in [0.29, 0.717) is 70.1 Å². The zero-order chi connectivity index (χ0) is 32.3. The quantitative estimate of drug-likeness (QED) is 0.286. The lowest BCUT2D eigenvalue weighted by atomic mass is 9.83. The Morgan fingerprint density at radius 1 is 1.07 bits per heavy atom. The summed E-state index contributed by atoms with van der Waals surface area (Å²) in [6.07, 6.45) is -4.87. The van der Waals surface area contributed by atoms with Gasteiger partial charge in [-0.3, -0.25) is 4.79 Å². The van der Waals surface area contributed by atoms with Gasteiger partial charge >= 0.3 is 12.1 Å². The molecule has 2 aliphatic heterocycles. The fourth-order valence-electron chi connectivity index (χ4n) is 6.14. The summed E-state index contributed by atoms with van der Waals surface area (Å²) in [6, 6.07) is 5.89. The third-order valence-electron chi connectivity index (χ3n) is 7.96. The van der Waals surface area contributed by atoms with Crippen molar-refractivity contribution in [2.45, 2.75) is 71.8 Å². The summed E-state index contributed by atoms with van der Waals surface area (Å²) in [7, 11) is 0. The van der Waals surface area contributed by atoms with Crippen LogP contribution in [0, 0.1) is 19.7 Å². The van der Waals surface area contributed by atoms with E-state index < -0.39 is 46.7 Å². The van der Waals surface area contributed by atoms with E-state index in [1.54, 1.807) is 33.8 Å². The van der Waals surface area contributed by atoms with Gasteiger partial charge in [0.25, 0.3) is 5.91 Å². The van der Waals surface area contributed by atoms with Gasteiger partial charge in [0.05, 0.1) is 23.3 Å². The lowest BCUT2D eigenvalue weighted by molar-refractivity contribution is -0.160. The zero-order valence-corrected chi connectivity index (χ0v) is 25.7. The summed E-state index contributed by atoms with van der Waals surface area (Å²) in [5, 5.41) is 10.2. The highest BCUT2D eigenvalue weighted by Gasteiger charge is 2.40. The lowest BCUT2D eigenvalue weighted by Crippen LogP contribution is -2.31. The van der Waals surface area contributed by atoms with Gasteiger partial charge in [-0.25, -0.2) is 9.18 Å². The molecule has 1 atom stereocenters. The summed E-state index contributed by atoms with van der Waals surface area (Å²) in [4.78, 5) is 27.7. The molecule has 0 bridgehead atoms. The molecule has 0 radical (unpaired) electrons. The third-order valence-corrected chi connectivity index (χ3v) is 8.20. The molecule has 0 aromatic heterocycles. The second-order valence-electron chi connectivity index (χ2n) is 12.1. The number of carbonyl (C=O) groups excluding carboxylic acids is 1. The van der Waals surface area contributed by atoms with Crippen molar-refractivity contribution < 1.29 is 41.7 Å². The molecule has 2 aliphatic rings. The lowest BCUT2D eigenvalue weighted by Gasteiger charge is -2.30. The fraction of sp³-hybridized carbons (Fsp3) is 0.394. The summed E-state index contributed by atoms with van der Waals surface area (Å²) < 4.78 is 69.1. The van der Waals surface area contributed by atoms with Crippen LogP contribution >= 0.6 is 11.6 Å². The van der Waals surface area contributed by atoms with Crippen LogP contribution in [0.15, 0.2) is 30.3 Å². The fourth-order valence-corrected chi connectivity index (χ4v) is 6.31. The number of halogens is 5. The third kappa shape index (κ3) is 5.77. The van der Waals surface area contributed by atoms with Gasteiger partial charge in [0, 0.05) is 28.4 Å². The molecular formula is C33H32ClF4NO5. The molecular weight excluding hydrogens is 602 g/mol. The molecule has 0 unspecified atom stereocenters.